The van der Waals surface area contributed by atoms with Gasteiger partial charge in [0.2, 0.25) is 5.17 Å². The van der Waals surface area contributed by atoms with Crippen LogP contribution in [0.3, 0.4) is 0 Å². The molecule has 0 spiro atoms. The van der Waals surface area contributed by atoms with Crippen molar-refractivity contribution in [1.29, 1.82) is 0 Å². The lowest BCUT2D eigenvalue weighted by Crippen LogP contribution is -2.13. The normalized spacial score (nSPS) is 11.2. The van der Waals surface area contributed by atoms with Gasteiger partial charge in [0.1, 0.15) is 0 Å². The number of aryl methyl sites for hydroxylation is 1. The number of carbonyl (C=O) groups excluding carboxylic acids is 1. The minimum absolute atomic E-state index is 0.215. The number of nitrogens with one attached hydrogen (secondary N) is 1. The Morgan fingerprint density at radius 2 is 2.18 bits per heavy atom. The number of nitrogens with zero attached hydrogens (tertiary/aromatic N) is 1. The van der Waals surface area contributed by atoms with Crippen LogP contribution in [-0.4, -0.2) is 17.7 Å². The highest BCUT2D eigenvalue weighted by atomic mass is 35.5. The largest absolute Gasteiger partial charge is 0.461 e. The summed E-state index contributed by atoms with van der Waals surface area (Å²) in [6, 6.07) is 5.76. The van der Waals surface area contributed by atoms with Gasteiger partial charge < -0.3 is 4.74 Å². The molecule has 1 aromatic rings. The molecule has 1 N–H and O–H groups in total. The summed E-state index contributed by atoms with van der Waals surface area (Å²) < 4.78 is 4.70. The second-order valence-corrected chi connectivity index (χ2v) is 3.84. The van der Waals surface area contributed by atoms with Crippen molar-refractivity contribution in [2.45, 2.75) is 20.8 Å². The van der Waals surface area contributed by atoms with Gasteiger partial charge in [-0.15, -0.1) is 0 Å². The summed E-state index contributed by atoms with van der Waals surface area (Å²) in [5.74, 6) is -0.632. The second-order valence-electron chi connectivity index (χ2n) is 3.48. The Balaban J connectivity index is 2.75. The lowest BCUT2D eigenvalue weighted by molar-refractivity contribution is -0.134. The van der Waals surface area contributed by atoms with Crippen molar-refractivity contribution in [1.82, 2.24) is 0 Å². The van der Waals surface area contributed by atoms with Gasteiger partial charge in [-0.25, -0.2) is 4.79 Å². The number of hydrogen-bond acceptors (Lipinski definition) is 4. The molecule has 0 aromatic heterocycles. The number of benzene rings is 1. The van der Waals surface area contributed by atoms with Crippen LogP contribution in [0.4, 0.5) is 5.69 Å². The third kappa shape index (κ3) is 3.75. The van der Waals surface area contributed by atoms with Gasteiger partial charge in [0.25, 0.3) is 0 Å². The molecular formula is C12H15ClN2O2. The van der Waals surface area contributed by atoms with Crippen molar-refractivity contribution >= 4 is 28.4 Å². The summed E-state index contributed by atoms with van der Waals surface area (Å²) in [5, 5.41) is 3.56. The maximum absolute atomic E-state index is 11.2. The second kappa shape index (κ2) is 6.25. The molecule has 92 valence electrons. The quantitative estimate of drug-likeness (QED) is 0.511. The Morgan fingerprint density at radius 3 is 2.82 bits per heavy atom. The molecule has 0 saturated carbocycles. The molecule has 0 saturated heterocycles. The molecule has 17 heavy (non-hydrogen) atoms. The van der Waals surface area contributed by atoms with Crippen LogP contribution in [0, 0.1) is 13.8 Å². The fourth-order valence-corrected chi connectivity index (χ4v) is 1.31. The monoisotopic (exact) mass is 254 g/mol. The van der Waals surface area contributed by atoms with Crippen LogP contribution in [-0.2, 0) is 9.53 Å². The van der Waals surface area contributed by atoms with Crippen molar-refractivity contribution in [2.75, 3.05) is 12.0 Å². The zero-order chi connectivity index (χ0) is 12.8. The summed E-state index contributed by atoms with van der Waals surface area (Å²) in [6.07, 6.45) is 0. The number of rotatable bonds is 4. The van der Waals surface area contributed by atoms with E-state index >= 15 is 0 Å². The Morgan fingerprint density at radius 1 is 1.47 bits per heavy atom. The lowest BCUT2D eigenvalue weighted by Gasteiger charge is -2.07. The van der Waals surface area contributed by atoms with Crippen LogP contribution in [0.25, 0.3) is 0 Å². The van der Waals surface area contributed by atoms with Gasteiger partial charge in [0.05, 0.1) is 12.3 Å². The number of hydrazone groups is 1. The molecule has 4 nitrogen and oxygen atoms in total. The molecule has 0 bridgehead atoms. The van der Waals surface area contributed by atoms with Gasteiger partial charge in [0.15, 0.2) is 0 Å². The minimum Gasteiger partial charge on any atom is -0.461 e. The van der Waals surface area contributed by atoms with E-state index in [1.807, 2.05) is 32.0 Å². The van der Waals surface area contributed by atoms with Crippen LogP contribution < -0.4 is 5.43 Å². The molecule has 0 radical (unpaired) electrons. The van der Waals surface area contributed by atoms with Crippen molar-refractivity contribution in [2.24, 2.45) is 5.10 Å². The first-order valence-corrected chi connectivity index (χ1v) is 5.66. The topological polar surface area (TPSA) is 50.7 Å². The molecule has 0 fully saturated rings. The van der Waals surface area contributed by atoms with Crippen LogP contribution in [0.1, 0.15) is 18.1 Å². The van der Waals surface area contributed by atoms with Gasteiger partial charge in [-0.05, 0) is 38.0 Å². The molecule has 1 aromatic carbocycles. The highest BCUT2D eigenvalue weighted by Crippen LogP contribution is 2.17. The molecule has 0 aliphatic rings. The summed E-state index contributed by atoms with van der Waals surface area (Å²) in [5.41, 5.74) is 5.76. The number of carbonyl (C=O) groups is 1. The van der Waals surface area contributed by atoms with Gasteiger partial charge in [-0.2, -0.15) is 5.10 Å². The first-order chi connectivity index (χ1) is 8.06. The van der Waals surface area contributed by atoms with Crippen molar-refractivity contribution < 1.29 is 9.53 Å². The summed E-state index contributed by atoms with van der Waals surface area (Å²) in [4.78, 5) is 11.2. The van der Waals surface area contributed by atoms with E-state index in [-0.39, 0.29) is 11.8 Å². The predicted octanol–water partition coefficient (Wildman–Crippen LogP) is 2.83. The van der Waals surface area contributed by atoms with E-state index < -0.39 is 5.97 Å². The van der Waals surface area contributed by atoms with E-state index in [0.717, 1.165) is 16.8 Å². The first-order valence-electron chi connectivity index (χ1n) is 5.28. The number of ether oxygens (including phenoxy) is 1. The number of esters is 1. The zero-order valence-corrected chi connectivity index (χ0v) is 10.8. The van der Waals surface area contributed by atoms with Gasteiger partial charge in [0, 0.05) is 0 Å². The Hall–Kier alpha value is -1.55. The Kier molecular flexibility index (Phi) is 4.97. The molecule has 0 amide bonds. The predicted molar refractivity (Wildman–Crippen MR) is 69.5 cm³/mol. The highest BCUT2D eigenvalue weighted by Gasteiger charge is 2.09. The molecule has 0 atom stereocenters. The van der Waals surface area contributed by atoms with E-state index in [1.54, 1.807) is 6.92 Å². The summed E-state index contributed by atoms with van der Waals surface area (Å²) in [6.45, 7) is 5.94. The van der Waals surface area contributed by atoms with Crippen molar-refractivity contribution in [3.8, 4) is 0 Å². The zero-order valence-electron chi connectivity index (χ0n) is 10.1. The van der Waals surface area contributed by atoms with Crippen molar-refractivity contribution in [3.05, 3.63) is 29.3 Å². The average molecular weight is 255 g/mol. The molecule has 5 heteroatoms. The third-order valence-electron chi connectivity index (χ3n) is 2.32. The minimum atomic E-state index is -0.632. The van der Waals surface area contributed by atoms with E-state index in [2.05, 4.69) is 10.5 Å². The maximum atomic E-state index is 11.2. The smallest absolute Gasteiger partial charge is 0.370 e. The number of hydrogen-bond donors (Lipinski definition) is 1. The van der Waals surface area contributed by atoms with Crippen LogP contribution >= 0.6 is 11.6 Å². The Labute approximate surface area is 106 Å². The number of anilines is 1. The van der Waals surface area contributed by atoms with Crippen LogP contribution in [0.15, 0.2) is 23.3 Å². The summed E-state index contributed by atoms with van der Waals surface area (Å²) in [7, 11) is 0. The van der Waals surface area contributed by atoms with Gasteiger partial charge in [-0.3, -0.25) is 5.43 Å². The maximum Gasteiger partial charge on any atom is 0.370 e. The fraction of sp³-hybridized carbons (Fsp3) is 0.333. The SMILES string of the molecule is CCOC(=O)/C(Cl)=N\Nc1cccc(C)c1C. The average Bonchev–Trinajstić information content (AvgIpc) is 2.31. The molecule has 0 heterocycles. The van der Waals surface area contributed by atoms with E-state index in [4.69, 9.17) is 16.3 Å². The standard InChI is InChI=1S/C12H15ClN2O2/c1-4-17-12(16)11(13)15-14-10-7-5-6-8(2)9(10)3/h5-7,14H,4H2,1-3H3/b15-11+. The van der Waals surface area contributed by atoms with Crippen molar-refractivity contribution in [3.63, 3.8) is 0 Å². The van der Waals surface area contributed by atoms with Crippen LogP contribution in [0.5, 0.6) is 0 Å². The molecular weight excluding hydrogens is 240 g/mol. The molecule has 1 rings (SSSR count). The summed E-state index contributed by atoms with van der Waals surface area (Å²) >= 11 is 5.67. The number of halogens is 1. The lowest BCUT2D eigenvalue weighted by atomic mass is 10.1. The molecule has 0 aliphatic heterocycles. The van der Waals surface area contributed by atoms with E-state index in [0.29, 0.717) is 0 Å². The van der Waals surface area contributed by atoms with E-state index in [1.165, 1.54) is 0 Å². The van der Waals surface area contributed by atoms with Gasteiger partial charge >= 0.3 is 5.97 Å². The fourth-order valence-electron chi connectivity index (χ4n) is 1.22. The van der Waals surface area contributed by atoms with Crippen LogP contribution in [0.2, 0.25) is 0 Å². The molecule has 0 unspecified atom stereocenters. The first kappa shape index (κ1) is 13.5. The van der Waals surface area contributed by atoms with Gasteiger partial charge in [-0.1, -0.05) is 23.7 Å². The Bertz CT molecular complexity index is 444. The third-order valence-corrected chi connectivity index (χ3v) is 2.56. The molecule has 0 aliphatic carbocycles. The van der Waals surface area contributed by atoms with E-state index in [9.17, 15) is 4.79 Å². The highest BCUT2D eigenvalue weighted by molar-refractivity contribution is 6.82.